The third-order valence-electron chi connectivity index (χ3n) is 3.47. The van der Waals surface area contributed by atoms with Crippen LogP contribution >= 0.6 is 11.5 Å². The largest absolute Gasteiger partial charge is 0.333 e. The molecule has 0 aliphatic carbocycles. The highest BCUT2D eigenvalue weighted by molar-refractivity contribution is 7.09. The molecule has 8 heteroatoms. The lowest BCUT2D eigenvalue weighted by atomic mass is 10.1. The van der Waals surface area contributed by atoms with Crippen molar-refractivity contribution in [2.24, 2.45) is 0 Å². The first-order valence-electron chi connectivity index (χ1n) is 6.94. The van der Waals surface area contributed by atoms with E-state index in [0.717, 1.165) is 49.7 Å². The molecule has 1 aliphatic rings. The van der Waals surface area contributed by atoms with Crippen molar-refractivity contribution in [2.75, 3.05) is 26.2 Å². The average Bonchev–Trinajstić information content (AvgIpc) is 3.16. The number of aromatic nitrogens is 4. The molecule has 20 heavy (non-hydrogen) atoms. The zero-order valence-corrected chi connectivity index (χ0v) is 12.3. The Bertz CT molecular complexity index is 522. The predicted octanol–water partition coefficient (Wildman–Crippen LogP) is 1.33. The quantitative estimate of drug-likeness (QED) is 0.891. The van der Waals surface area contributed by atoms with E-state index < -0.39 is 0 Å². The Morgan fingerprint density at radius 2 is 2.30 bits per heavy atom. The molecule has 0 spiro atoms. The molecule has 1 saturated heterocycles. The van der Waals surface area contributed by atoms with Gasteiger partial charge in [-0.05, 0) is 18.0 Å². The van der Waals surface area contributed by atoms with Gasteiger partial charge in [-0.1, -0.05) is 23.0 Å². The molecule has 2 aromatic rings. The van der Waals surface area contributed by atoms with Gasteiger partial charge in [-0.15, -0.1) is 5.10 Å². The SMILES string of the molecule is CCCC(c1noc(-c2cnns2)n1)N1CCNCC1. The Labute approximate surface area is 121 Å². The molecule has 0 saturated carbocycles. The highest BCUT2D eigenvalue weighted by Gasteiger charge is 2.26. The van der Waals surface area contributed by atoms with Crippen LogP contribution < -0.4 is 5.32 Å². The van der Waals surface area contributed by atoms with E-state index in [-0.39, 0.29) is 6.04 Å². The molecule has 0 amide bonds. The van der Waals surface area contributed by atoms with E-state index >= 15 is 0 Å². The summed E-state index contributed by atoms with van der Waals surface area (Å²) in [5, 5.41) is 11.3. The van der Waals surface area contributed by atoms with Gasteiger partial charge in [-0.2, -0.15) is 4.98 Å². The molecule has 2 aromatic heterocycles. The first-order valence-corrected chi connectivity index (χ1v) is 7.72. The van der Waals surface area contributed by atoms with Gasteiger partial charge in [0.25, 0.3) is 5.89 Å². The van der Waals surface area contributed by atoms with Crippen LogP contribution in [0.2, 0.25) is 0 Å². The van der Waals surface area contributed by atoms with Crippen LogP contribution in [-0.2, 0) is 0 Å². The molecule has 108 valence electrons. The van der Waals surface area contributed by atoms with E-state index in [1.807, 2.05) is 0 Å². The molecule has 1 fully saturated rings. The Balaban J connectivity index is 1.80. The van der Waals surface area contributed by atoms with Crippen molar-refractivity contribution in [3.05, 3.63) is 12.0 Å². The van der Waals surface area contributed by atoms with Crippen LogP contribution in [0, 0.1) is 0 Å². The smallest absolute Gasteiger partial charge is 0.271 e. The second-order valence-electron chi connectivity index (χ2n) is 4.83. The summed E-state index contributed by atoms with van der Waals surface area (Å²) in [4.78, 5) is 7.79. The lowest BCUT2D eigenvalue weighted by Gasteiger charge is -2.33. The summed E-state index contributed by atoms with van der Waals surface area (Å²) >= 11 is 1.27. The highest BCUT2D eigenvalue weighted by Crippen LogP contribution is 2.27. The zero-order chi connectivity index (χ0) is 13.8. The molecule has 0 bridgehead atoms. The van der Waals surface area contributed by atoms with Crippen LogP contribution in [0.15, 0.2) is 10.7 Å². The Morgan fingerprint density at radius 3 is 3.00 bits per heavy atom. The van der Waals surface area contributed by atoms with E-state index in [4.69, 9.17) is 4.52 Å². The van der Waals surface area contributed by atoms with E-state index in [1.54, 1.807) is 6.20 Å². The van der Waals surface area contributed by atoms with Crippen LogP contribution in [0.5, 0.6) is 0 Å². The van der Waals surface area contributed by atoms with Crippen molar-refractivity contribution in [1.29, 1.82) is 0 Å². The molecule has 7 nitrogen and oxygen atoms in total. The monoisotopic (exact) mass is 294 g/mol. The average molecular weight is 294 g/mol. The van der Waals surface area contributed by atoms with E-state index in [9.17, 15) is 0 Å². The predicted molar refractivity (Wildman–Crippen MR) is 75.3 cm³/mol. The van der Waals surface area contributed by atoms with E-state index in [2.05, 4.69) is 36.9 Å². The molecule has 0 aromatic carbocycles. The van der Waals surface area contributed by atoms with Gasteiger partial charge in [0.15, 0.2) is 5.82 Å². The minimum Gasteiger partial charge on any atom is -0.333 e. The fourth-order valence-corrected chi connectivity index (χ4v) is 2.91. The van der Waals surface area contributed by atoms with Crippen LogP contribution in [-0.4, -0.2) is 50.8 Å². The Morgan fingerprint density at radius 1 is 1.45 bits per heavy atom. The number of hydrogen-bond donors (Lipinski definition) is 1. The second kappa shape index (κ2) is 6.38. The molecule has 3 rings (SSSR count). The highest BCUT2D eigenvalue weighted by atomic mass is 32.1. The molecule has 3 heterocycles. The van der Waals surface area contributed by atoms with Crippen molar-refractivity contribution in [3.63, 3.8) is 0 Å². The second-order valence-corrected chi connectivity index (χ2v) is 5.62. The van der Waals surface area contributed by atoms with Crippen molar-refractivity contribution in [2.45, 2.75) is 25.8 Å². The van der Waals surface area contributed by atoms with Crippen molar-refractivity contribution >= 4 is 11.5 Å². The minimum atomic E-state index is 0.237. The standard InChI is InChI=1S/C12H18N6OS/c1-2-3-9(18-6-4-13-5-7-18)11-15-12(19-16-11)10-8-14-17-20-10/h8-9,13H,2-7H2,1H3. The molecular weight excluding hydrogens is 276 g/mol. The maximum Gasteiger partial charge on any atom is 0.271 e. The van der Waals surface area contributed by atoms with E-state index in [0.29, 0.717) is 5.89 Å². The third kappa shape index (κ3) is 2.87. The van der Waals surface area contributed by atoms with Crippen LogP contribution in [0.4, 0.5) is 0 Å². The van der Waals surface area contributed by atoms with Gasteiger partial charge in [0, 0.05) is 26.2 Å². The number of hydrogen-bond acceptors (Lipinski definition) is 8. The fraction of sp³-hybridized carbons (Fsp3) is 0.667. The van der Waals surface area contributed by atoms with Crippen molar-refractivity contribution in [3.8, 4) is 10.8 Å². The summed E-state index contributed by atoms with van der Waals surface area (Å²) in [5.41, 5.74) is 0. The van der Waals surface area contributed by atoms with Gasteiger partial charge in [-0.3, -0.25) is 4.90 Å². The van der Waals surface area contributed by atoms with Gasteiger partial charge >= 0.3 is 0 Å². The van der Waals surface area contributed by atoms with Gasteiger partial charge < -0.3 is 9.84 Å². The normalized spacial score (nSPS) is 18.2. The fourth-order valence-electron chi connectivity index (χ4n) is 2.47. The van der Waals surface area contributed by atoms with Crippen molar-refractivity contribution < 1.29 is 4.52 Å². The summed E-state index contributed by atoms with van der Waals surface area (Å²) in [6, 6.07) is 0.237. The molecular formula is C12H18N6OS. The number of piperazine rings is 1. The molecule has 1 atom stereocenters. The molecule has 1 N–H and O–H groups in total. The van der Waals surface area contributed by atoms with Crippen LogP contribution in [0.3, 0.4) is 0 Å². The first-order chi connectivity index (χ1) is 9.88. The Hall–Kier alpha value is -1.38. The van der Waals surface area contributed by atoms with Gasteiger partial charge in [0.05, 0.1) is 12.2 Å². The number of nitrogens with zero attached hydrogens (tertiary/aromatic N) is 5. The summed E-state index contributed by atoms with van der Waals surface area (Å²) < 4.78 is 9.18. The summed E-state index contributed by atoms with van der Waals surface area (Å²) in [7, 11) is 0. The lowest BCUT2D eigenvalue weighted by molar-refractivity contribution is 0.155. The van der Waals surface area contributed by atoms with E-state index in [1.165, 1.54) is 11.5 Å². The summed E-state index contributed by atoms with van der Waals surface area (Å²) in [6.45, 7) is 6.27. The maximum atomic E-state index is 5.35. The number of nitrogens with one attached hydrogen (secondary N) is 1. The lowest BCUT2D eigenvalue weighted by Crippen LogP contribution is -2.45. The summed E-state index contributed by atoms with van der Waals surface area (Å²) in [5.74, 6) is 1.29. The zero-order valence-electron chi connectivity index (χ0n) is 11.4. The van der Waals surface area contributed by atoms with Crippen LogP contribution in [0.25, 0.3) is 10.8 Å². The van der Waals surface area contributed by atoms with Crippen LogP contribution in [0.1, 0.15) is 31.6 Å². The van der Waals surface area contributed by atoms with Gasteiger partial charge in [0.2, 0.25) is 0 Å². The first kappa shape index (κ1) is 13.6. The summed E-state index contributed by atoms with van der Waals surface area (Å²) in [6.07, 6.45) is 3.79. The molecule has 0 radical (unpaired) electrons. The molecule has 1 aliphatic heterocycles. The Kier molecular flexibility index (Phi) is 4.34. The number of rotatable bonds is 5. The van der Waals surface area contributed by atoms with Crippen molar-refractivity contribution in [1.82, 2.24) is 29.9 Å². The topological polar surface area (TPSA) is 80.0 Å². The maximum absolute atomic E-state index is 5.35. The minimum absolute atomic E-state index is 0.237. The molecule has 1 unspecified atom stereocenters. The van der Waals surface area contributed by atoms with Gasteiger partial charge in [-0.25, -0.2) is 0 Å². The van der Waals surface area contributed by atoms with Gasteiger partial charge in [0.1, 0.15) is 4.88 Å². The third-order valence-corrected chi connectivity index (χ3v) is 4.12.